The van der Waals surface area contributed by atoms with Crippen molar-refractivity contribution in [1.29, 1.82) is 0 Å². The molecule has 2 heterocycles. The Hall–Kier alpha value is -3.09. The number of hydrogen-bond donors (Lipinski definition) is 1. The molecule has 0 aliphatic carbocycles. The van der Waals surface area contributed by atoms with Crippen molar-refractivity contribution in [3.63, 3.8) is 0 Å². The van der Waals surface area contributed by atoms with E-state index in [2.05, 4.69) is 37.2 Å². The summed E-state index contributed by atoms with van der Waals surface area (Å²) < 4.78 is 1.81. The van der Waals surface area contributed by atoms with Crippen LogP contribution in [-0.4, -0.2) is 58.0 Å². The van der Waals surface area contributed by atoms with E-state index in [1.54, 1.807) is 31.2 Å². The molecule has 1 amide bonds. The number of carbonyl (C=O) groups excluding carboxylic acids is 1. The van der Waals surface area contributed by atoms with E-state index in [9.17, 15) is 14.7 Å². The Kier molecular flexibility index (Phi) is 7.33. The molecule has 1 atom stereocenters. The zero-order valence-electron chi connectivity index (χ0n) is 20.7. The van der Waals surface area contributed by atoms with Gasteiger partial charge in [0.2, 0.25) is 0 Å². The molecule has 3 aromatic rings. The summed E-state index contributed by atoms with van der Waals surface area (Å²) in [7, 11) is 5.94. The van der Waals surface area contributed by atoms with Crippen molar-refractivity contribution in [3.8, 4) is 11.3 Å². The standard InChI is InChI=1S/C28H32ClN3O3/c1-18-24(28(34)35)16-26(31(18)4)25-15-21(29)11-12-23(25)27(33)32-17-20-9-6-5-8-19(20)14-22(32)10-7-13-30(2)3/h5-6,8-9,11-12,15-16,22H,7,10,13-14,17H2,1-4H3,(H,34,35)/t22-/m1/s1. The van der Waals surface area contributed by atoms with E-state index in [0.717, 1.165) is 25.8 Å². The smallest absolute Gasteiger partial charge is 0.337 e. The Balaban J connectivity index is 1.75. The summed E-state index contributed by atoms with van der Waals surface area (Å²) in [5.41, 5.74) is 5.14. The van der Waals surface area contributed by atoms with E-state index in [1.165, 1.54) is 11.1 Å². The number of halogens is 1. The summed E-state index contributed by atoms with van der Waals surface area (Å²) in [5.74, 6) is -1.05. The third kappa shape index (κ3) is 5.14. The molecule has 4 rings (SSSR count). The molecule has 0 saturated heterocycles. The van der Waals surface area contributed by atoms with Gasteiger partial charge in [-0.2, -0.15) is 0 Å². The number of benzene rings is 2. The molecule has 0 unspecified atom stereocenters. The normalized spacial score (nSPS) is 15.4. The van der Waals surface area contributed by atoms with E-state index < -0.39 is 5.97 Å². The molecule has 35 heavy (non-hydrogen) atoms. The van der Waals surface area contributed by atoms with Gasteiger partial charge in [-0.1, -0.05) is 35.9 Å². The van der Waals surface area contributed by atoms with E-state index in [-0.39, 0.29) is 17.5 Å². The maximum absolute atomic E-state index is 14.1. The van der Waals surface area contributed by atoms with Crippen LogP contribution in [0.3, 0.4) is 0 Å². The molecule has 1 aliphatic heterocycles. The molecule has 0 spiro atoms. The van der Waals surface area contributed by atoms with Gasteiger partial charge >= 0.3 is 5.97 Å². The van der Waals surface area contributed by atoms with Crippen molar-refractivity contribution < 1.29 is 14.7 Å². The number of carboxylic acid groups (broad SMARTS) is 1. The van der Waals surface area contributed by atoms with Crippen LogP contribution < -0.4 is 0 Å². The molecular weight excluding hydrogens is 462 g/mol. The van der Waals surface area contributed by atoms with Crippen LogP contribution in [0.25, 0.3) is 11.3 Å². The van der Waals surface area contributed by atoms with Crippen molar-refractivity contribution in [3.05, 3.63) is 81.5 Å². The molecular formula is C28H32ClN3O3. The number of carboxylic acids is 1. The summed E-state index contributed by atoms with van der Waals surface area (Å²) in [6.07, 6.45) is 2.73. The fourth-order valence-corrected chi connectivity index (χ4v) is 5.14. The number of hydrogen-bond acceptors (Lipinski definition) is 3. The summed E-state index contributed by atoms with van der Waals surface area (Å²) in [4.78, 5) is 30.0. The zero-order chi connectivity index (χ0) is 25.3. The monoisotopic (exact) mass is 493 g/mol. The van der Waals surface area contributed by atoms with Crippen LogP contribution in [0.5, 0.6) is 0 Å². The summed E-state index contributed by atoms with van der Waals surface area (Å²) >= 11 is 6.36. The number of nitrogens with zero attached hydrogens (tertiary/aromatic N) is 3. The Morgan fingerprint density at radius 1 is 1.09 bits per heavy atom. The second-order valence-corrected chi connectivity index (χ2v) is 10.0. The minimum absolute atomic E-state index is 0.0586. The highest BCUT2D eigenvalue weighted by Crippen LogP contribution is 2.34. The molecule has 1 N–H and O–H groups in total. The summed E-state index contributed by atoms with van der Waals surface area (Å²) in [5, 5.41) is 10.1. The highest BCUT2D eigenvalue weighted by Gasteiger charge is 2.32. The van der Waals surface area contributed by atoms with Gasteiger partial charge in [-0.15, -0.1) is 0 Å². The van der Waals surface area contributed by atoms with Gasteiger partial charge < -0.3 is 19.5 Å². The van der Waals surface area contributed by atoms with Crippen molar-refractivity contribution >= 4 is 23.5 Å². The van der Waals surface area contributed by atoms with E-state index in [0.29, 0.717) is 34.1 Å². The summed E-state index contributed by atoms with van der Waals surface area (Å²) in [6.45, 7) is 3.28. The molecule has 2 aromatic carbocycles. The first-order valence-corrected chi connectivity index (χ1v) is 12.3. The Bertz CT molecular complexity index is 1260. The molecule has 0 fully saturated rings. The molecule has 0 bridgehead atoms. The van der Waals surface area contributed by atoms with Gasteiger partial charge in [0.15, 0.2) is 0 Å². The van der Waals surface area contributed by atoms with Gasteiger partial charge in [-0.05, 0) is 82.2 Å². The first-order valence-electron chi connectivity index (χ1n) is 11.9. The first-order chi connectivity index (χ1) is 16.7. The molecule has 0 radical (unpaired) electrons. The Morgan fingerprint density at radius 2 is 1.80 bits per heavy atom. The van der Waals surface area contributed by atoms with Gasteiger partial charge in [0.1, 0.15) is 0 Å². The zero-order valence-corrected chi connectivity index (χ0v) is 21.5. The fourth-order valence-electron chi connectivity index (χ4n) is 4.97. The topological polar surface area (TPSA) is 65.8 Å². The van der Waals surface area contributed by atoms with Crippen LogP contribution in [0, 0.1) is 6.92 Å². The number of carbonyl (C=O) groups is 2. The quantitative estimate of drug-likeness (QED) is 0.487. The lowest BCUT2D eigenvalue weighted by Crippen LogP contribution is -2.44. The number of rotatable bonds is 7. The SMILES string of the molecule is Cc1c(C(=O)O)cc(-c2cc(Cl)ccc2C(=O)N2Cc3ccccc3C[C@H]2CCCN(C)C)n1C. The second-order valence-electron chi connectivity index (χ2n) is 9.59. The van der Waals surface area contributed by atoms with Crippen LogP contribution in [-0.2, 0) is 20.0 Å². The van der Waals surface area contributed by atoms with Gasteiger partial charge in [-0.25, -0.2) is 4.79 Å². The van der Waals surface area contributed by atoms with Gasteiger partial charge in [0.25, 0.3) is 5.91 Å². The highest BCUT2D eigenvalue weighted by molar-refractivity contribution is 6.31. The lowest BCUT2D eigenvalue weighted by molar-refractivity contribution is 0.0624. The first kappa shape index (κ1) is 25.0. The van der Waals surface area contributed by atoms with Crippen LogP contribution in [0.4, 0.5) is 0 Å². The average molecular weight is 494 g/mol. The molecule has 0 saturated carbocycles. The second kappa shape index (κ2) is 10.3. The van der Waals surface area contributed by atoms with Crippen molar-refractivity contribution in [2.24, 2.45) is 7.05 Å². The molecule has 6 nitrogen and oxygen atoms in total. The van der Waals surface area contributed by atoms with Crippen molar-refractivity contribution in [2.75, 3.05) is 20.6 Å². The number of aromatic carboxylic acids is 1. The van der Waals surface area contributed by atoms with Gasteiger partial charge in [-0.3, -0.25) is 4.79 Å². The van der Waals surface area contributed by atoms with Gasteiger partial charge in [0.05, 0.1) is 5.56 Å². The van der Waals surface area contributed by atoms with Crippen LogP contribution in [0.15, 0.2) is 48.5 Å². The largest absolute Gasteiger partial charge is 0.478 e. The Labute approximate surface area is 211 Å². The predicted molar refractivity (Wildman–Crippen MR) is 139 cm³/mol. The minimum atomic E-state index is -0.993. The van der Waals surface area contributed by atoms with E-state index in [1.807, 2.05) is 22.6 Å². The minimum Gasteiger partial charge on any atom is -0.478 e. The highest BCUT2D eigenvalue weighted by atomic mass is 35.5. The van der Waals surface area contributed by atoms with Crippen molar-refractivity contribution in [2.45, 2.75) is 38.8 Å². The molecule has 1 aromatic heterocycles. The molecule has 1 aliphatic rings. The average Bonchev–Trinajstić information content (AvgIpc) is 3.12. The van der Waals surface area contributed by atoms with Crippen LogP contribution in [0.2, 0.25) is 5.02 Å². The number of fused-ring (bicyclic) bond motifs is 1. The maximum Gasteiger partial charge on any atom is 0.337 e. The number of amides is 1. The fraction of sp³-hybridized carbons (Fsp3) is 0.357. The molecule has 7 heteroatoms. The lowest BCUT2D eigenvalue weighted by atomic mass is 9.90. The Morgan fingerprint density at radius 3 is 2.46 bits per heavy atom. The van der Waals surface area contributed by atoms with E-state index in [4.69, 9.17) is 11.6 Å². The number of aromatic nitrogens is 1. The molecule has 184 valence electrons. The van der Waals surface area contributed by atoms with Gasteiger partial charge in [0, 0.05) is 47.2 Å². The van der Waals surface area contributed by atoms with Crippen LogP contribution in [0.1, 0.15) is 50.4 Å². The third-order valence-corrected chi connectivity index (χ3v) is 7.25. The van der Waals surface area contributed by atoms with E-state index >= 15 is 0 Å². The van der Waals surface area contributed by atoms with Crippen LogP contribution >= 0.6 is 11.6 Å². The third-order valence-electron chi connectivity index (χ3n) is 7.01. The lowest BCUT2D eigenvalue weighted by Gasteiger charge is -2.38. The maximum atomic E-state index is 14.1. The predicted octanol–water partition coefficient (Wildman–Crippen LogP) is 5.26. The van der Waals surface area contributed by atoms with Crippen molar-refractivity contribution in [1.82, 2.24) is 14.4 Å². The summed E-state index contributed by atoms with van der Waals surface area (Å²) in [6, 6.07) is 15.3.